The Bertz CT molecular complexity index is 516. The molecule has 0 aliphatic heterocycles. The minimum atomic E-state index is -1.21. The number of carboxylic acid groups (broad SMARTS) is 1. The molecule has 0 heterocycles. The molecule has 0 aliphatic carbocycles. The number of aliphatic hydroxyl groups is 1. The third kappa shape index (κ3) is 3.92. The van der Waals surface area contributed by atoms with Crippen molar-refractivity contribution in [2.45, 2.75) is 20.3 Å². The molecule has 1 aromatic rings. The number of nitrogens with zero attached hydrogens (tertiary/aromatic N) is 1. The fourth-order valence-electron chi connectivity index (χ4n) is 1.80. The summed E-state index contributed by atoms with van der Waals surface area (Å²) >= 11 is 0. The minimum Gasteiger partial charge on any atom is -0.478 e. The van der Waals surface area contributed by atoms with Crippen LogP contribution in [-0.2, 0) is 0 Å². The smallest absolute Gasteiger partial charge is 0.336 e. The van der Waals surface area contributed by atoms with Gasteiger partial charge in [0.1, 0.15) is 0 Å². The summed E-state index contributed by atoms with van der Waals surface area (Å²) in [6.45, 7) is 4.07. The van der Waals surface area contributed by atoms with Gasteiger partial charge in [-0.2, -0.15) is 0 Å². The van der Waals surface area contributed by atoms with Gasteiger partial charge in [0.2, 0.25) is 0 Å². The third-order valence-corrected chi connectivity index (χ3v) is 3.09. The summed E-state index contributed by atoms with van der Waals surface area (Å²) in [5, 5.41) is 31.8. The van der Waals surface area contributed by atoms with Gasteiger partial charge in [0, 0.05) is 30.5 Å². The minimum absolute atomic E-state index is 0.0666. The summed E-state index contributed by atoms with van der Waals surface area (Å²) in [6, 6.07) is 2.44. The highest BCUT2D eigenvalue weighted by Crippen LogP contribution is 2.28. The number of benzene rings is 1. The molecule has 0 aliphatic rings. The molecular formula is C13H18N2O5. The molecule has 0 fully saturated rings. The first kappa shape index (κ1) is 15.9. The average Bonchev–Trinajstić information content (AvgIpc) is 2.37. The van der Waals surface area contributed by atoms with Gasteiger partial charge in [-0.15, -0.1) is 0 Å². The van der Waals surface area contributed by atoms with Crippen molar-refractivity contribution in [1.82, 2.24) is 0 Å². The predicted molar refractivity (Wildman–Crippen MR) is 74.1 cm³/mol. The predicted octanol–water partition coefficient (Wildman–Crippen LogP) is 2.03. The Hall–Kier alpha value is -2.15. The van der Waals surface area contributed by atoms with Crippen LogP contribution in [0.2, 0.25) is 0 Å². The summed E-state index contributed by atoms with van der Waals surface area (Å²) in [5.74, 6) is -1.04. The lowest BCUT2D eigenvalue weighted by atomic mass is 10.1. The lowest BCUT2D eigenvalue weighted by Crippen LogP contribution is -2.14. The lowest BCUT2D eigenvalue weighted by molar-refractivity contribution is -0.385. The van der Waals surface area contributed by atoms with Crippen molar-refractivity contribution in [1.29, 1.82) is 0 Å². The van der Waals surface area contributed by atoms with E-state index in [2.05, 4.69) is 5.32 Å². The van der Waals surface area contributed by atoms with Crippen molar-refractivity contribution in [2.75, 3.05) is 18.5 Å². The monoisotopic (exact) mass is 282 g/mol. The first-order valence-corrected chi connectivity index (χ1v) is 6.23. The maximum atomic E-state index is 11.0. The van der Waals surface area contributed by atoms with E-state index in [0.717, 1.165) is 6.07 Å². The van der Waals surface area contributed by atoms with Crippen LogP contribution < -0.4 is 5.32 Å². The van der Waals surface area contributed by atoms with Crippen molar-refractivity contribution in [3.8, 4) is 0 Å². The largest absolute Gasteiger partial charge is 0.478 e. The highest BCUT2D eigenvalue weighted by Gasteiger charge is 2.19. The Morgan fingerprint density at radius 3 is 2.65 bits per heavy atom. The molecule has 1 aromatic carbocycles. The number of carbonyl (C=O) groups is 1. The second-order valence-corrected chi connectivity index (χ2v) is 4.73. The topological polar surface area (TPSA) is 113 Å². The van der Waals surface area contributed by atoms with Crippen molar-refractivity contribution in [3.05, 3.63) is 33.4 Å². The molecule has 3 N–H and O–H groups in total. The van der Waals surface area contributed by atoms with Crippen LogP contribution in [0, 0.1) is 23.0 Å². The van der Waals surface area contributed by atoms with E-state index >= 15 is 0 Å². The van der Waals surface area contributed by atoms with E-state index in [9.17, 15) is 14.9 Å². The van der Waals surface area contributed by atoms with Gasteiger partial charge in [-0.1, -0.05) is 6.92 Å². The number of nitrogens with one attached hydrogen (secondary N) is 1. The first-order chi connectivity index (χ1) is 9.36. The van der Waals surface area contributed by atoms with E-state index in [-0.39, 0.29) is 23.8 Å². The van der Waals surface area contributed by atoms with Crippen molar-refractivity contribution < 1.29 is 19.9 Å². The number of aliphatic hydroxyl groups excluding tert-OH is 1. The van der Waals surface area contributed by atoms with Gasteiger partial charge in [0.25, 0.3) is 5.69 Å². The molecule has 0 aromatic heterocycles. The average molecular weight is 282 g/mol. The van der Waals surface area contributed by atoms with Gasteiger partial charge in [0.15, 0.2) is 0 Å². The molecule has 1 rings (SSSR count). The van der Waals surface area contributed by atoms with E-state index in [1.54, 1.807) is 6.92 Å². The molecule has 0 spiro atoms. The summed E-state index contributed by atoms with van der Waals surface area (Å²) in [6.07, 6.45) is 0.604. The molecule has 20 heavy (non-hydrogen) atoms. The van der Waals surface area contributed by atoms with Crippen molar-refractivity contribution in [2.24, 2.45) is 5.92 Å². The molecule has 0 saturated heterocycles. The summed E-state index contributed by atoms with van der Waals surface area (Å²) in [4.78, 5) is 21.3. The maximum Gasteiger partial charge on any atom is 0.336 e. The third-order valence-electron chi connectivity index (χ3n) is 3.09. The first-order valence-electron chi connectivity index (χ1n) is 6.23. The number of carboxylic acids is 1. The van der Waals surface area contributed by atoms with Gasteiger partial charge >= 0.3 is 5.97 Å². The lowest BCUT2D eigenvalue weighted by Gasteiger charge is -2.14. The Balaban J connectivity index is 3.05. The molecule has 110 valence electrons. The van der Waals surface area contributed by atoms with Crippen LogP contribution in [0.3, 0.4) is 0 Å². The summed E-state index contributed by atoms with van der Waals surface area (Å²) in [7, 11) is 0. The van der Waals surface area contributed by atoms with Gasteiger partial charge in [-0.3, -0.25) is 10.1 Å². The normalized spacial score (nSPS) is 11.9. The molecular weight excluding hydrogens is 264 g/mol. The molecule has 0 bridgehead atoms. The fourth-order valence-corrected chi connectivity index (χ4v) is 1.80. The van der Waals surface area contributed by atoms with Crippen LogP contribution in [0.4, 0.5) is 11.4 Å². The van der Waals surface area contributed by atoms with Crippen LogP contribution >= 0.6 is 0 Å². The SMILES string of the molecule is Cc1c(NCC(C)CCO)cc(C(=O)O)cc1[N+](=O)[O-]. The van der Waals surface area contributed by atoms with E-state index in [4.69, 9.17) is 10.2 Å². The van der Waals surface area contributed by atoms with Gasteiger partial charge in [-0.05, 0) is 25.3 Å². The standard InChI is InChI=1S/C13H18N2O5/c1-8(3-4-16)7-14-11-5-10(13(17)18)6-12(9(11)2)15(19)20/h5-6,8,14,16H,3-4,7H2,1-2H3,(H,17,18). The Kier molecular flexibility index (Phi) is 5.45. The van der Waals surface area contributed by atoms with E-state index in [0.29, 0.717) is 24.2 Å². The maximum absolute atomic E-state index is 11.0. The van der Waals surface area contributed by atoms with Crippen LogP contribution in [0.15, 0.2) is 12.1 Å². The van der Waals surface area contributed by atoms with E-state index < -0.39 is 10.9 Å². The molecule has 0 saturated carbocycles. The molecule has 0 amide bonds. The Morgan fingerprint density at radius 1 is 1.50 bits per heavy atom. The molecule has 1 unspecified atom stereocenters. The summed E-state index contributed by atoms with van der Waals surface area (Å²) < 4.78 is 0. The number of aromatic carboxylic acids is 1. The Labute approximate surface area is 116 Å². The number of rotatable bonds is 7. The van der Waals surface area contributed by atoms with Crippen molar-refractivity contribution in [3.63, 3.8) is 0 Å². The van der Waals surface area contributed by atoms with Crippen LogP contribution in [-0.4, -0.2) is 34.3 Å². The van der Waals surface area contributed by atoms with Crippen LogP contribution in [0.5, 0.6) is 0 Å². The summed E-state index contributed by atoms with van der Waals surface area (Å²) in [5.41, 5.74) is 0.486. The zero-order chi connectivity index (χ0) is 15.3. The number of nitro groups is 1. The fraction of sp³-hybridized carbons (Fsp3) is 0.462. The van der Waals surface area contributed by atoms with E-state index in [1.165, 1.54) is 6.07 Å². The van der Waals surface area contributed by atoms with Crippen LogP contribution in [0.1, 0.15) is 29.3 Å². The number of anilines is 1. The van der Waals surface area contributed by atoms with Gasteiger partial charge < -0.3 is 15.5 Å². The molecule has 7 nitrogen and oxygen atoms in total. The number of hydrogen-bond acceptors (Lipinski definition) is 5. The zero-order valence-corrected chi connectivity index (χ0v) is 11.4. The van der Waals surface area contributed by atoms with Crippen molar-refractivity contribution >= 4 is 17.3 Å². The van der Waals surface area contributed by atoms with Crippen LogP contribution in [0.25, 0.3) is 0 Å². The zero-order valence-electron chi connectivity index (χ0n) is 11.4. The second kappa shape index (κ2) is 6.85. The molecule has 1 atom stereocenters. The quantitative estimate of drug-likeness (QED) is 0.521. The van der Waals surface area contributed by atoms with Gasteiger partial charge in [0.05, 0.1) is 10.5 Å². The molecule has 0 radical (unpaired) electrons. The second-order valence-electron chi connectivity index (χ2n) is 4.73. The molecule has 7 heteroatoms. The van der Waals surface area contributed by atoms with Gasteiger partial charge in [-0.25, -0.2) is 4.79 Å². The number of nitro benzene ring substituents is 1. The number of hydrogen-bond donors (Lipinski definition) is 3. The Morgan fingerprint density at radius 2 is 2.15 bits per heavy atom. The highest BCUT2D eigenvalue weighted by atomic mass is 16.6. The highest BCUT2D eigenvalue weighted by molar-refractivity contribution is 5.90. The van der Waals surface area contributed by atoms with E-state index in [1.807, 2.05) is 6.92 Å².